The van der Waals surface area contributed by atoms with Gasteiger partial charge in [-0.3, -0.25) is 0 Å². The van der Waals surface area contributed by atoms with Crippen LogP contribution in [0.3, 0.4) is 0 Å². The van der Waals surface area contributed by atoms with Crippen molar-refractivity contribution in [3.8, 4) is 11.3 Å². The van der Waals surface area contributed by atoms with E-state index in [-0.39, 0.29) is 5.82 Å². The van der Waals surface area contributed by atoms with Crippen LogP contribution < -0.4 is 5.73 Å². The van der Waals surface area contributed by atoms with E-state index in [9.17, 15) is 9.50 Å². The summed E-state index contributed by atoms with van der Waals surface area (Å²) in [6, 6.07) is 6.19. The summed E-state index contributed by atoms with van der Waals surface area (Å²) in [5.74, 6) is 0.603. The highest BCUT2D eigenvalue weighted by Gasteiger charge is 2.40. The Bertz CT molecular complexity index is 657. The van der Waals surface area contributed by atoms with Crippen LogP contribution in [0, 0.1) is 18.7 Å². The third kappa shape index (κ3) is 2.65. The Morgan fingerprint density at radius 2 is 2.00 bits per heavy atom. The smallest absolute Gasteiger partial charge is 0.125 e. The molecule has 0 saturated heterocycles. The van der Waals surface area contributed by atoms with Gasteiger partial charge in [0.25, 0.3) is 0 Å². The molecule has 1 fully saturated rings. The molecule has 2 aromatic rings. The van der Waals surface area contributed by atoms with Gasteiger partial charge in [0.15, 0.2) is 0 Å². The predicted octanol–water partition coefficient (Wildman–Crippen LogP) is 2.74. The minimum Gasteiger partial charge on any atom is -0.388 e. The quantitative estimate of drug-likeness (QED) is 0.909. The topological polar surface area (TPSA) is 64.1 Å². The molecule has 4 nitrogen and oxygen atoms in total. The summed E-state index contributed by atoms with van der Waals surface area (Å²) in [6.45, 7) is 4.10. The maximum Gasteiger partial charge on any atom is 0.125 e. The third-order valence-electron chi connectivity index (χ3n) is 4.28. The van der Waals surface area contributed by atoms with Gasteiger partial charge in [-0.1, -0.05) is 0 Å². The highest BCUT2D eigenvalue weighted by molar-refractivity contribution is 5.67. The molecule has 112 valence electrons. The average Bonchev–Trinajstić information content (AvgIpc) is 3.24. The second-order valence-corrected chi connectivity index (χ2v) is 6.15. The van der Waals surface area contributed by atoms with Crippen LogP contribution in [0.1, 0.15) is 25.3 Å². The first-order chi connectivity index (χ1) is 9.88. The van der Waals surface area contributed by atoms with Gasteiger partial charge in [-0.05, 0) is 56.9 Å². The summed E-state index contributed by atoms with van der Waals surface area (Å²) in [5.41, 5.74) is 7.74. The molecule has 3 N–H and O–H groups in total. The SMILES string of the molecule is Cc1c(-c2ccc(F)cc2)nn(C[C@@](C)(O)C2CC2)c1N. The lowest BCUT2D eigenvalue weighted by Gasteiger charge is -2.23. The molecule has 1 aliphatic rings. The van der Waals surface area contributed by atoms with Crippen molar-refractivity contribution in [3.63, 3.8) is 0 Å². The van der Waals surface area contributed by atoms with E-state index in [0.29, 0.717) is 18.3 Å². The molecule has 0 radical (unpaired) electrons. The molecule has 1 aromatic carbocycles. The van der Waals surface area contributed by atoms with Crippen molar-refractivity contribution in [2.75, 3.05) is 5.73 Å². The zero-order chi connectivity index (χ0) is 15.2. The Kier molecular flexibility index (Phi) is 3.24. The number of anilines is 1. The van der Waals surface area contributed by atoms with Gasteiger partial charge in [0.2, 0.25) is 0 Å². The number of aliphatic hydroxyl groups is 1. The second-order valence-electron chi connectivity index (χ2n) is 6.15. The molecule has 0 unspecified atom stereocenters. The van der Waals surface area contributed by atoms with E-state index in [0.717, 1.165) is 29.7 Å². The molecule has 1 saturated carbocycles. The Morgan fingerprint density at radius 1 is 1.38 bits per heavy atom. The van der Waals surface area contributed by atoms with Crippen LogP contribution in [0.2, 0.25) is 0 Å². The second kappa shape index (κ2) is 4.84. The van der Waals surface area contributed by atoms with E-state index in [4.69, 9.17) is 5.73 Å². The first kappa shape index (κ1) is 14.1. The Hall–Kier alpha value is -1.88. The fourth-order valence-electron chi connectivity index (χ4n) is 2.70. The third-order valence-corrected chi connectivity index (χ3v) is 4.28. The summed E-state index contributed by atoms with van der Waals surface area (Å²) < 4.78 is 14.7. The molecule has 5 heteroatoms. The van der Waals surface area contributed by atoms with Crippen molar-refractivity contribution in [2.45, 2.75) is 38.8 Å². The van der Waals surface area contributed by atoms with E-state index in [1.54, 1.807) is 16.8 Å². The van der Waals surface area contributed by atoms with E-state index >= 15 is 0 Å². The lowest BCUT2D eigenvalue weighted by molar-refractivity contribution is 0.0168. The highest BCUT2D eigenvalue weighted by atomic mass is 19.1. The molecule has 0 spiro atoms. The van der Waals surface area contributed by atoms with Crippen molar-refractivity contribution >= 4 is 5.82 Å². The van der Waals surface area contributed by atoms with Crippen LogP contribution >= 0.6 is 0 Å². The minimum absolute atomic E-state index is 0.277. The number of hydrogen-bond donors (Lipinski definition) is 2. The van der Waals surface area contributed by atoms with Gasteiger partial charge in [-0.2, -0.15) is 5.10 Å². The van der Waals surface area contributed by atoms with Crippen molar-refractivity contribution in [1.82, 2.24) is 9.78 Å². The normalized spacial score (nSPS) is 17.7. The summed E-state index contributed by atoms with van der Waals surface area (Å²) >= 11 is 0. The molecular formula is C16H20FN3O. The largest absolute Gasteiger partial charge is 0.388 e. The predicted molar refractivity (Wildman–Crippen MR) is 80.1 cm³/mol. The van der Waals surface area contributed by atoms with Crippen molar-refractivity contribution in [2.24, 2.45) is 5.92 Å². The van der Waals surface area contributed by atoms with Gasteiger partial charge in [0.1, 0.15) is 11.6 Å². The van der Waals surface area contributed by atoms with Crippen molar-refractivity contribution in [3.05, 3.63) is 35.6 Å². The molecule has 1 aromatic heterocycles. The summed E-state index contributed by atoms with van der Waals surface area (Å²) in [4.78, 5) is 0. The highest BCUT2D eigenvalue weighted by Crippen LogP contribution is 2.41. The van der Waals surface area contributed by atoms with Gasteiger partial charge < -0.3 is 10.8 Å². The summed E-state index contributed by atoms with van der Waals surface area (Å²) in [6.07, 6.45) is 2.11. The summed E-state index contributed by atoms with van der Waals surface area (Å²) in [5, 5.41) is 15.0. The van der Waals surface area contributed by atoms with E-state index in [1.165, 1.54) is 12.1 Å². The van der Waals surface area contributed by atoms with Gasteiger partial charge in [-0.15, -0.1) is 0 Å². The first-order valence-corrected chi connectivity index (χ1v) is 7.19. The molecule has 1 heterocycles. The van der Waals surface area contributed by atoms with Gasteiger partial charge in [0.05, 0.1) is 17.8 Å². The van der Waals surface area contributed by atoms with Crippen LogP contribution in [0.15, 0.2) is 24.3 Å². The lowest BCUT2D eigenvalue weighted by Crippen LogP contribution is -2.33. The molecule has 0 amide bonds. The zero-order valence-corrected chi connectivity index (χ0v) is 12.3. The molecular weight excluding hydrogens is 269 g/mol. The number of aromatic nitrogens is 2. The van der Waals surface area contributed by atoms with Crippen LogP contribution in [-0.2, 0) is 6.54 Å². The number of rotatable bonds is 4. The monoisotopic (exact) mass is 289 g/mol. The number of nitrogen functional groups attached to an aromatic ring is 1. The van der Waals surface area contributed by atoms with Crippen LogP contribution in [-0.4, -0.2) is 20.5 Å². The average molecular weight is 289 g/mol. The van der Waals surface area contributed by atoms with Crippen molar-refractivity contribution in [1.29, 1.82) is 0 Å². The Morgan fingerprint density at radius 3 is 2.57 bits per heavy atom. The number of hydrogen-bond acceptors (Lipinski definition) is 3. The van der Waals surface area contributed by atoms with Gasteiger partial charge in [0, 0.05) is 11.1 Å². The van der Waals surface area contributed by atoms with Crippen LogP contribution in [0.4, 0.5) is 10.2 Å². The zero-order valence-electron chi connectivity index (χ0n) is 12.3. The fourth-order valence-corrected chi connectivity index (χ4v) is 2.70. The standard InChI is InChI=1S/C16H20FN3O/c1-10-14(11-3-7-13(17)8-4-11)19-20(15(10)18)9-16(2,21)12-5-6-12/h3-4,7-8,12,21H,5-6,9,18H2,1-2H3/t16-/m1/s1. The van der Waals surface area contributed by atoms with E-state index in [1.807, 2.05) is 13.8 Å². The van der Waals surface area contributed by atoms with E-state index < -0.39 is 5.60 Å². The minimum atomic E-state index is -0.785. The number of nitrogens with zero attached hydrogens (tertiary/aromatic N) is 2. The van der Waals surface area contributed by atoms with Crippen LogP contribution in [0.25, 0.3) is 11.3 Å². The molecule has 1 aliphatic carbocycles. The van der Waals surface area contributed by atoms with Gasteiger partial charge in [-0.25, -0.2) is 9.07 Å². The molecule has 3 rings (SSSR count). The maximum absolute atomic E-state index is 13.0. The maximum atomic E-state index is 13.0. The Balaban J connectivity index is 1.93. The first-order valence-electron chi connectivity index (χ1n) is 7.19. The summed E-state index contributed by atoms with van der Waals surface area (Å²) in [7, 11) is 0. The molecule has 0 aliphatic heterocycles. The molecule has 1 atom stereocenters. The Labute approximate surface area is 123 Å². The number of nitrogens with two attached hydrogens (primary N) is 1. The fraction of sp³-hybridized carbons (Fsp3) is 0.438. The van der Waals surface area contributed by atoms with Crippen LogP contribution in [0.5, 0.6) is 0 Å². The van der Waals surface area contributed by atoms with Gasteiger partial charge >= 0.3 is 0 Å². The van der Waals surface area contributed by atoms with Crippen molar-refractivity contribution < 1.29 is 9.50 Å². The molecule has 21 heavy (non-hydrogen) atoms. The van der Waals surface area contributed by atoms with E-state index in [2.05, 4.69) is 5.10 Å². The number of halogens is 1. The number of benzene rings is 1. The molecule has 0 bridgehead atoms. The lowest BCUT2D eigenvalue weighted by atomic mass is 10.0.